The van der Waals surface area contributed by atoms with Gasteiger partial charge in [0.25, 0.3) is 0 Å². The molecule has 1 saturated heterocycles. The SMILES string of the molecule is O=C(O)C(CNC(=O)N1CCOCC1)Cc1cccc(Cl)c1. The molecule has 1 aliphatic rings. The Balaban J connectivity index is 1.88. The quantitative estimate of drug-likeness (QED) is 0.862. The number of aliphatic carboxylic acids is 1. The van der Waals surface area contributed by atoms with E-state index >= 15 is 0 Å². The smallest absolute Gasteiger partial charge is 0.317 e. The van der Waals surface area contributed by atoms with Gasteiger partial charge in [-0.3, -0.25) is 4.79 Å². The summed E-state index contributed by atoms with van der Waals surface area (Å²) in [7, 11) is 0. The molecule has 0 saturated carbocycles. The third kappa shape index (κ3) is 4.89. The van der Waals surface area contributed by atoms with Crippen molar-refractivity contribution in [1.29, 1.82) is 0 Å². The van der Waals surface area contributed by atoms with Crippen molar-refractivity contribution in [1.82, 2.24) is 10.2 Å². The largest absolute Gasteiger partial charge is 0.481 e. The summed E-state index contributed by atoms with van der Waals surface area (Å²) >= 11 is 5.90. The van der Waals surface area contributed by atoms with Gasteiger partial charge in [0, 0.05) is 24.7 Å². The van der Waals surface area contributed by atoms with E-state index in [2.05, 4.69) is 5.32 Å². The van der Waals surface area contributed by atoms with Crippen molar-refractivity contribution in [3.63, 3.8) is 0 Å². The van der Waals surface area contributed by atoms with Crippen molar-refractivity contribution in [3.05, 3.63) is 34.9 Å². The molecule has 2 N–H and O–H groups in total. The number of benzene rings is 1. The van der Waals surface area contributed by atoms with Gasteiger partial charge in [0.15, 0.2) is 0 Å². The van der Waals surface area contributed by atoms with Crippen LogP contribution in [-0.4, -0.2) is 54.9 Å². The van der Waals surface area contributed by atoms with Crippen LogP contribution in [0.3, 0.4) is 0 Å². The van der Waals surface area contributed by atoms with Gasteiger partial charge in [-0.15, -0.1) is 0 Å². The predicted molar refractivity (Wildman–Crippen MR) is 82.1 cm³/mol. The fourth-order valence-corrected chi connectivity index (χ4v) is 2.50. The van der Waals surface area contributed by atoms with Crippen LogP contribution in [0, 0.1) is 5.92 Å². The minimum Gasteiger partial charge on any atom is -0.481 e. The third-order valence-corrected chi connectivity index (χ3v) is 3.75. The summed E-state index contributed by atoms with van der Waals surface area (Å²) in [5.74, 6) is -1.63. The Labute approximate surface area is 134 Å². The summed E-state index contributed by atoms with van der Waals surface area (Å²) in [6.45, 7) is 2.16. The molecule has 1 aromatic carbocycles. The molecule has 1 aromatic rings. The Morgan fingerprint density at radius 1 is 1.36 bits per heavy atom. The first-order chi connectivity index (χ1) is 10.6. The molecule has 6 nitrogen and oxygen atoms in total. The molecule has 120 valence electrons. The number of amides is 2. The first kappa shape index (κ1) is 16.6. The molecule has 2 rings (SSSR count). The summed E-state index contributed by atoms with van der Waals surface area (Å²) in [4.78, 5) is 25.0. The molecule has 0 bridgehead atoms. The Hall–Kier alpha value is -1.79. The summed E-state index contributed by atoms with van der Waals surface area (Å²) in [6, 6.07) is 6.83. The average molecular weight is 327 g/mol. The predicted octanol–water partition coefficient (Wildman–Crippen LogP) is 1.63. The van der Waals surface area contributed by atoms with Gasteiger partial charge in [-0.1, -0.05) is 23.7 Å². The summed E-state index contributed by atoms with van der Waals surface area (Å²) in [6.07, 6.45) is 0.319. The molecular formula is C15H19ClN2O4. The first-order valence-corrected chi connectivity index (χ1v) is 7.52. The van der Waals surface area contributed by atoms with E-state index in [0.717, 1.165) is 5.56 Å². The second-order valence-electron chi connectivity index (χ2n) is 5.15. The highest BCUT2D eigenvalue weighted by atomic mass is 35.5. The molecule has 7 heteroatoms. The number of carbonyl (C=O) groups excluding carboxylic acids is 1. The number of carbonyl (C=O) groups is 2. The maximum Gasteiger partial charge on any atom is 0.317 e. The lowest BCUT2D eigenvalue weighted by Crippen LogP contribution is -2.48. The molecule has 1 fully saturated rings. The minimum atomic E-state index is -0.942. The standard InChI is InChI=1S/C15H19ClN2O4/c16-13-3-1-2-11(9-13)8-12(14(19)20)10-17-15(21)18-4-6-22-7-5-18/h1-3,9,12H,4-8,10H2,(H,17,21)(H,19,20). The molecule has 22 heavy (non-hydrogen) atoms. The number of hydrogen-bond donors (Lipinski definition) is 2. The highest BCUT2D eigenvalue weighted by Crippen LogP contribution is 2.14. The van der Waals surface area contributed by atoms with E-state index in [0.29, 0.717) is 37.7 Å². The van der Waals surface area contributed by atoms with E-state index in [9.17, 15) is 14.7 Å². The summed E-state index contributed by atoms with van der Waals surface area (Å²) in [5.41, 5.74) is 0.834. The zero-order valence-corrected chi connectivity index (χ0v) is 12.9. The van der Waals surface area contributed by atoms with Gasteiger partial charge in [0.2, 0.25) is 0 Å². The Morgan fingerprint density at radius 3 is 2.73 bits per heavy atom. The van der Waals surface area contributed by atoms with E-state index in [-0.39, 0.29) is 12.6 Å². The molecule has 0 spiro atoms. The van der Waals surface area contributed by atoms with Crippen molar-refractivity contribution in [2.45, 2.75) is 6.42 Å². The molecule has 0 aliphatic carbocycles. The Bertz CT molecular complexity index is 532. The van der Waals surface area contributed by atoms with E-state index < -0.39 is 11.9 Å². The highest BCUT2D eigenvalue weighted by Gasteiger charge is 2.22. The number of carboxylic acid groups (broad SMARTS) is 1. The lowest BCUT2D eigenvalue weighted by molar-refractivity contribution is -0.141. The maximum atomic E-state index is 12.0. The summed E-state index contributed by atoms with van der Waals surface area (Å²) < 4.78 is 5.18. The van der Waals surface area contributed by atoms with Crippen molar-refractivity contribution in [2.75, 3.05) is 32.8 Å². The number of rotatable bonds is 5. The van der Waals surface area contributed by atoms with E-state index in [1.807, 2.05) is 6.07 Å². The van der Waals surface area contributed by atoms with Crippen LogP contribution in [0.25, 0.3) is 0 Å². The highest BCUT2D eigenvalue weighted by molar-refractivity contribution is 6.30. The molecule has 2 amide bonds. The van der Waals surface area contributed by atoms with Gasteiger partial charge in [-0.05, 0) is 24.1 Å². The number of hydrogen-bond acceptors (Lipinski definition) is 3. The van der Waals surface area contributed by atoms with Gasteiger partial charge >= 0.3 is 12.0 Å². The number of nitrogens with zero attached hydrogens (tertiary/aromatic N) is 1. The van der Waals surface area contributed by atoms with Crippen LogP contribution >= 0.6 is 11.6 Å². The average Bonchev–Trinajstić information content (AvgIpc) is 2.51. The number of nitrogens with one attached hydrogen (secondary N) is 1. The van der Waals surface area contributed by atoms with Gasteiger partial charge in [-0.25, -0.2) is 4.79 Å². The van der Waals surface area contributed by atoms with Crippen molar-refractivity contribution in [2.24, 2.45) is 5.92 Å². The number of ether oxygens (including phenoxy) is 1. The second-order valence-corrected chi connectivity index (χ2v) is 5.59. The normalized spacial score (nSPS) is 16.1. The van der Waals surface area contributed by atoms with Gasteiger partial charge in [-0.2, -0.15) is 0 Å². The molecule has 0 radical (unpaired) electrons. The van der Waals surface area contributed by atoms with Crippen LogP contribution in [0.1, 0.15) is 5.56 Å². The van der Waals surface area contributed by atoms with Crippen LogP contribution in [0.15, 0.2) is 24.3 Å². The van der Waals surface area contributed by atoms with Crippen LogP contribution in [0.4, 0.5) is 4.79 Å². The van der Waals surface area contributed by atoms with E-state index in [1.165, 1.54) is 0 Å². The molecule has 1 unspecified atom stereocenters. The molecule has 1 atom stereocenters. The molecule has 1 aliphatic heterocycles. The number of urea groups is 1. The van der Waals surface area contributed by atoms with Gasteiger partial charge < -0.3 is 20.1 Å². The Morgan fingerprint density at radius 2 is 2.09 bits per heavy atom. The number of carboxylic acids is 1. The topological polar surface area (TPSA) is 78.9 Å². The van der Waals surface area contributed by atoms with Crippen molar-refractivity contribution >= 4 is 23.6 Å². The van der Waals surface area contributed by atoms with E-state index in [1.54, 1.807) is 23.1 Å². The molecular weight excluding hydrogens is 308 g/mol. The van der Waals surface area contributed by atoms with Gasteiger partial charge in [0.1, 0.15) is 0 Å². The Kier molecular flexibility index (Phi) is 6.03. The zero-order valence-electron chi connectivity index (χ0n) is 12.1. The van der Waals surface area contributed by atoms with Crippen LogP contribution in [0.5, 0.6) is 0 Å². The maximum absolute atomic E-state index is 12.0. The van der Waals surface area contributed by atoms with Crippen LogP contribution < -0.4 is 5.32 Å². The lowest BCUT2D eigenvalue weighted by Gasteiger charge is -2.27. The molecule has 1 heterocycles. The summed E-state index contributed by atoms with van der Waals surface area (Å²) in [5, 5.41) is 12.6. The van der Waals surface area contributed by atoms with Gasteiger partial charge in [0.05, 0.1) is 19.1 Å². The van der Waals surface area contributed by atoms with E-state index in [4.69, 9.17) is 16.3 Å². The van der Waals surface area contributed by atoms with Crippen LogP contribution in [0.2, 0.25) is 5.02 Å². The van der Waals surface area contributed by atoms with Crippen molar-refractivity contribution in [3.8, 4) is 0 Å². The number of morpholine rings is 1. The first-order valence-electron chi connectivity index (χ1n) is 7.14. The third-order valence-electron chi connectivity index (χ3n) is 3.52. The minimum absolute atomic E-state index is 0.0814. The zero-order chi connectivity index (χ0) is 15.9. The second kappa shape index (κ2) is 8.00. The number of halogens is 1. The fraction of sp³-hybridized carbons (Fsp3) is 0.467. The monoisotopic (exact) mass is 326 g/mol. The van der Waals surface area contributed by atoms with Crippen LogP contribution in [-0.2, 0) is 16.0 Å². The van der Waals surface area contributed by atoms with Crippen molar-refractivity contribution < 1.29 is 19.4 Å². The lowest BCUT2D eigenvalue weighted by atomic mass is 9.99. The molecule has 0 aromatic heterocycles. The fourth-order valence-electron chi connectivity index (χ4n) is 2.28.